The van der Waals surface area contributed by atoms with Gasteiger partial charge in [0.15, 0.2) is 0 Å². The third-order valence-corrected chi connectivity index (χ3v) is 3.87. The van der Waals surface area contributed by atoms with Gasteiger partial charge >= 0.3 is 12.1 Å². The Morgan fingerprint density at radius 1 is 1.31 bits per heavy atom. The summed E-state index contributed by atoms with van der Waals surface area (Å²) in [5, 5.41) is 9.25. The first-order valence-electron chi connectivity index (χ1n) is 7.56. The van der Waals surface area contributed by atoms with Crippen molar-refractivity contribution in [3.63, 3.8) is 0 Å². The van der Waals surface area contributed by atoms with Crippen LogP contribution in [0.1, 0.15) is 18.2 Å². The van der Waals surface area contributed by atoms with Crippen LogP contribution in [0.3, 0.4) is 0 Å². The van der Waals surface area contributed by atoms with Crippen molar-refractivity contribution in [3.8, 4) is 0 Å². The molecule has 7 nitrogen and oxygen atoms in total. The zero-order chi connectivity index (χ0) is 19.5. The summed E-state index contributed by atoms with van der Waals surface area (Å²) in [6.45, 7) is 0.617. The van der Waals surface area contributed by atoms with Crippen molar-refractivity contribution in [1.82, 2.24) is 9.88 Å². The van der Waals surface area contributed by atoms with Gasteiger partial charge in [-0.25, -0.2) is 4.79 Å². The van der Waals surface area contributed by atoms with E-state index in [2.05, 4.69) is 4.98 Å². The second kappa shape index (κ2) is 7.67. The zero-order valence-electron chi connectivity index (χ0n) is 13.5. The third-order valence-electron chi connectivity index (χ3n) is 3.87. The predicted octanol–water partition coefficient (Wildman–Crippen LogP) is 1.38. The highest BCUT2D eigenvalue weighted by Crippen LogP contribution is 2.24. The third kappa shape index (κ3) is 4.46. The quantitative estimate of drug-likeness (QED) is 0.734. The Kier molecular flexibility index (Phi) is 5.78. The lowest BCUT2D eigenvalue weighted by Crippen LogP contribution is -2.40. The van der Waals surface area contributed by atoms with Crippen LogP contribution in [0.15, 0.2) is 36.7 Å². The van der Waals surface area contributed by atoms with E-state index < -0.39 is 24.4 Å². The Labute approximate surface area is 146 Å². The fourth-order valence-electron chi connectivity index (χ4n) is 2.47. The number of carbonyl (C=O) groups is 2. The van der Waals surface area contributed by atoms with Crippen LogP contribution < -0.4 is 11.5 Å². The summed E-state index contributed by atoms with van der Waals surface area (Å²) in [7, 11) is 0. The van der Waals surface area contributed by atoms with E-state index in [0.717, 1.165) is 16.3 Å². The summed E-state index contributed by atoms with van der Waals surface area (Å²) in [6.07, 6.45) is -1.30. The summed E-state index contributed by atoms with van der Waals surface area (Å²) in [4.78, 5) is 26.5. The van der Waals surface area contributed by atoms with Gasteiger partial charge in [0.2, 0.25) is 5.91 Å². The van der Waals surface area contributed by atoms with Crippen molar-refractivity contribution in [2.24, 2.45) is 11.5 Å². The molecular weight excluding hydrogens is 353 g/mol. The number of carboxylic acid groups (broad SMARTS) is 1. The van der Waals surface area contributed by atoms with Gasteiger partial charge in [0.25, 0.3) is 0 Å². The van der Waals surface area contributed by atoms with Gasteiger partial charge in [0.1, 0.15) is 6.17 Å². The van der Waals surface area contributed by atoms with Crippen LogP contribution in [-0.4, -0.2) is 45.6 Å². The number of aromatic nitrogens is 1. The molecule has 0 bridgehead atoms. The maximum absolute atomic E-state index is 11.9. The fraction of sp³-hybridized carbons (Fsp3) is 0.312. The van der Waals surface area contributed by atoms with E-state index >= 15 is 0 Å². The molecule has 26 heavy (non-hydrogen) atoms. The highest BCUT2D eigenvalue weighted by molar-refractivity contribution is 5.85. The van der Waals surface area contributed by atoms with Gasteiger partial charge in [-0.3, -0.25) is 9.78 Å². The molecule has 2 aromatic rings. The standard InChI is InChI=1S/C14H16N4O.C2HF3O2/c15-12-4-6-18(14(12)19)13(16)10-2-1-9-3-5-17-8-11(9)7-10;3-2(4,5)1(6)7/h1-3,5,7-8,12-13H,4,6,15-16H2;(H,6,7)/t12-,13?;/m1./s1. The monoisotopic (exact) mass is 370 g/mol. The summed E-state index contributed by atoms with van der Waals surface area (Å²) >= 11 is 0. The molecule has 5 N–H and O–H groups in total. The molecule has 1 saturated heterocycles. The molecule has 3 rings (SSSR count). The highest BCUT2D eigenvalue weighted by Gasteiger charge is 2.38. The number of pyridine rings is 1. The number of aliphatic carboxylic acids is 1. The van der Waals surface area contributed by atoms with Crippen molar-refractivity contribution in [2.45, 2.75) is 24.8 Å². The topological polar surface area (TPSA) is 123 Å². The van der Waals surface area contributed by atoms with Crippen LogP contribution in [0.4, 0.5) is 13.2 Å². The van der Waals surface area contributed by atoms with Gasteiger partial charge < -0.3 is 21.5 Å². The van der Waals surface area contributed by atoms with E-state index in [1.165, 1.54) is 0 Å². The first kappa shape index (κ1) is 19.6. The molecule has 1 aromatic heterocycles. The smallest absolute Gasteiger partial charge is 0.475 e. The Morgan fingerprint density at radius 3 is 2.50 bits per heavy atom. The number of halogens is 3. The molecule has 2 atom stereocenters. The van der Waals surface area contributed by atoms with Crippen LogP contribution in [0.2, 0.25) is 0 Å². The van der Waals surface area contributed by atoms with Crippen LogP contribution in [-0.2, 0) is 9.59 Å². The minimum absolute atomic E-state index is 0.0706. The molecule has 1 aliphatic heterocycles. The number of carbonyl (C=O) groups excluding carboxylic acids is 1. The number of alkyl halides is 3. The van der Waals surface area contributed by atoms with E-state index in [0.29, 0.717) is 13.0 Å². The lowest BCUT2D eigenvalue weighted by Gasteiger charge is -2.24. The number of amides is 1. The van der Waals surface area contributed by atoms with E-state index in [4.69, 9.17) is 21.4 Å². The first-order valence-corrected chi connectivity index (χ1v) is 7.56. The van der Waals surface area contributed by atoms with Gasteiger partial charge in [-0.1, -0.05) is 12.1 Å². The summed E-state index contributed by atoms with van der Waals surface area (Å²) < 4.78 is 31.7. The molecule has 140 valence electrons. The number of hydrogen-bond acceptors (Lipinski definition) is 5. The predicted molar refractivity (Wildman–Crippen MR) is 86.7 cm³/mol. The molecule has 0 saturated carbocycles. The molecule has 1 fully saturated rings. The maximum Gasteiger partial charge on any atom is 0.490 e. The van der Waals surface area contributed by atoms with Gasteiger partial charge in [-0.2, -0.15) is 13.2 Å². The Balaban J connectivity index is 0.000000298. The molecule has 1 unspecified atom stereocenters. The Bertz CT molecular complexity index is 813. The van der Waals surface area contributed by atoms with Gasteiger partial charge in [-0.15, -0.1) is 0 Å². The van der Waals surface area contributed by atoms with Crippen LogP contribution in [0.5, 0.6) is 0 Å². The molecule has 1 amide bonds. The molecule has 1 aliphatic rings. The summed E-state index contributed by atoms with van der Waals surface area (Å²) in [5.41, 5.74) is 12.8. The number of likely N-dealkylation sites (tertiary alicyclic amines) is 1. The van der Waals surface area contributed by atoms with Gasteiger partial charge in [0.05, 0.1) is 6.04 Å². The van der Waals surface area contributed by atoms with E-state index in [-0.39, 0.29) is 5.91 Å². The van der Waals surface area contributed by atoms with E-state index in [1.807, 2.05) is 24.3 Å². The highest BCUT2D eigenvalue weighted by atomic mass is 19.4. The molecule has 2 heterocycles. The summed E-state index contributed by atoms with van der Waals surface area (Å²) in [5.74, 6) is -2.83. The van der Waals surface area contributed by atoms with Crippen molar-refractivity contribution >= 4 is 22.6 Å². The molecule has 0 aliphatic carbocycles. The van der Waals surface area contributed by atoms with Gasteiger partial charge in [0, 0.05) is 24.3 Å². The lowest BCUT2D eigenvalue weighted by molar-refractivity contribution is -0.192. The number of rotatable bonds is 2. The lowest BCUT2D eigenvalue weighted by atomic mass is 10.1. The number of hydrogen-bond donors (Lipinski definition) is 3. The second-order valence-corrected chi connectivity index (χ2v) is 5.66. The van der Waals surface area contributed by atoms with Crippen LogP contribution >= 0.6 is 0 Å². The number of nitrogens with two attached hydrogens (primary N) is 2. The average molecular weight is 370 g/mol. The number of carboxylic acids is 1. The SMILES string of the molecule is NC(c1ccc2ccncc2c1)N1CC[C@@H](N)C1=O.O=C(O)C(F)(F)F. The molecular formula is C16H17F3N4O3. The van der Waals surface area contributed by atoms with Crippen LogP contribution in [0.25, 0.3) is 10.8 Å². The molecule has 0 spiro atoms. The average Bonchev–Trinajstić information content (AvgIpc) is 2.92. The number of fused-ring (bicyclic) bond motifs is 1. The van der Waals surface area contributed by atoms with E-state index in [9.17, 15) is 18.0 Å². The van der Waals surface area contributed by atoms with Crippen molar-refractivity contribution in [1.29, 1.82) is 0 Å². The minimum Gasteiger partial charge on any atom is -0.475 e. The van der Waals surface area contributed by atoms with Crippen molar-refractivity contribution in [2.75, 3.05) is 6.54 Å². The first-order chi connectivity index (χ1) is 12.1. The number of benzene rings is 1. The number of nitrogens with zero attached hydrogens (tertiary/aromatic N) is 2. The Hall–Kier alpha value is -2.72. The molecule has 1 aromatic carbocycles. The van der Waals surface area contributed by atoms with Crippen molar-refractivity contribution in [3.05, 3.63) is 42.2 Å². The van der Waals surface area contributed by atoms with Gasteiger partial charge in [-0.05, 0) is 29.5 Å². The van der Waals surface area contributed by atoms with Crippen molar-refractivity contribution < 1.29 is 27.9 Å². The Morgan fingerprint density at radius 2 is 1.96 bits per heavy atom. The second-order valence-electron chi connectivity index (χ2n) is 5.66. The summed E-state index contributed by atoms with van der Waals surface area (Å²) in [6, 6.07) is 7.45. The molecule has 0 radical (unpaired) electrons. The maximum atomic E-state index is 11.9. The largest absolute Gasteiger partial charge is 0.490 e. The van der Waals surface area contributed by atoms with Crippen LogP contribution in [0, 0.1) is 0 Å². The van der Waals surface area contributed by atoms with E-state index in [1.54, 1.807) is 17.3 Å². The normalized spacial score (nSPS) is 18.4. The zero-order valence-corrected chi connectivity index (χ0v) is 13.5. The molecule has 10 heteroatoms. The minimum atomic E-state index is -5.08. The fourth-order valence-corrected chi connectivity index (χ4v) is 2.47.